The quantitative estimate of drug-likeness (QED) is 0.819. The van der Waals surface area contributed by atoms with Crippen LogP contribution in [0.3, 0.4) is 0 Å². The van der Waals surface area contributed by atoms with Crippen molar-refractivity contribution < 1.29 is 9.84 Å². The zero-order valence-electron chi connectivity index (χ0n) is 11.7. The molecular formula is C15H17N3O2S. The van der Waals surface area contributed by atoms with E-state index in [0.717, 1.165) is 5.01 Å². The Labute approximate surface area is 127 Å². The van der Waals surface area contributed by atoms with E-state index in [-0.39, 0.29) is 12.6 Å². The summed E-state index contributed by atoms with van der Waals surface area (Å²) in [6, 6.07) is 9.13. The average Bonchev–Trinajstić information content (AvgIpc) is 3.05. The number of aliphatic hydroxyl groups excluding tert-OH is 1. The van der Waals surface area contributed by atoms with Crippen LogP contribution in [0.2, 0.25) is 0 Å². The molecule has 1 aromatic heterocycles. The summed E-state index contributed by atoms with van der Waals surface area (Å²) in [5, 5.41) is 25.0. The highest BCUT2D eigenvalue weighted by atomic mass is 32.1. The van der Waals surface area contributed by atoms with Gasteiger partial charge in [-0.25, -0.2) is 4.98 Å². The zero-order valence-corrected chi connectivity index (χ0v) is 12.5. The lowest BCUT2D eigenvalue weighted by molar-refractivity contribution is 0.104. The van der Waals surface area contributed by atoms with E-state index in [4.69, 9.17) is 10.00 Å². The van der Waals surface area contributed by atoms with Gasteiger partial charge >= 0.3 is 0 Å². The summed E-state index contributed by atoms with van der Waals surface area (Å²) in [4.78, 5) is 4.22. The molecule has 2 aromatic rings. The summed E-state index contributed by atoms with van der Waals surface area (Å²) in [6.07, 6.45) is 1.11. The van der Waals surface area contributed by atoms with Crippen molar-refractivity contribution in [3.63, 3.8) is 0 Å². The first-order valence-corrected chi connectivity index (χ1v) is 7.51. The molecular weight excluding hydrogens is 286 g/mol. The number of nitrogens with one attached hydrogen (secondary N) is 1. The summed E-state index contributed by atoms with van der Waals surface area (Å²) < 4.78 is 5.49. The number of nitrogens with zero attached hydrogens (tertiary/aromatic N) is 2. The Morgan fingerprint density at radius 1 is 1.48 bits per heavy atom. The van der Waals surface area contributed by atoms with Gasteiger partial charge < -0.3 is 15.2 Å². The summed E-state index contributed by atoms with van der Waals surface area (Å²) in [5.41, 5.74) is 0.466. The van der Waals surface area contributed by atoms with E-state index >= 15 is 0 Å². The molecule has 0 amide bonds. The minimum atomic E-state index is -0.654. The molecule has 0 aliphatic carbocycles. The van der Waals surface area contributed by atoms with Gasteiger partial charge in [-0.2, -0.15) is 5.26 Å². The summed E-state index contributed by atoms with van der Waals surface area (Å²) in [5.74, 6) is 0.493. The Morgan fingerprint density at radius 3 is 3.00 bits per heavy atom. The summed E-state index contributed by atoms with van der Waals surface area (Å²) >= 11 is 1.58. The first-order valence-electron chi connectivity index (χ1n) is 6.63. The molecule has 0 aliphatic rings. The Bertz CT molecular complexity index is 595. The molecule has 0 saturated heterocycles. The molecule has 2 N–H and O–H groups in total. The molecule has 0 saturated carbocycles. The lowest BCUT2D eigenvalue weighted by Gasteiger charge is -2.16. The third-order valence-electron chi connectivity index (χ3n) is 2.92. The van der Waals surface area contributed by atoms with E-state index in [1.54, 1.807) is 41.8 Å². The van der Waals surface area contributed by atoms with E-state index < -0.39 is 6.10 Å². The van der Waals surface area contributed by atoms with Gasteiger partial charge in [-0.1, -0.05) is 12.1 Å². The van der Waals surface area contributed by atoms with Crippen LogP contribution in [-0.2, 0) is 0 Å². The number of nitriles is 1. The first-order chi connectivity index (χ1) is 10.2. The maximum Gasteiger partial charge on any atom is 0.137 e. The van der Waals surface area contributed by atoms with Gasteiger partial charge in [-0.15, -0.1) is 11.3 Å². The Kier molecular flexibility index (Phi) is 5.69. The Morgan fingerprint density at radius 2 is 2.29 bits per heavy atom. The standard InChI is InChI=1S/C15H17N3O2S/c1-11(15-17-6-7-21-15)18-9-13(19)10-20-14-5-3-2-4-12(14)8-16/h2-7,11,13,18-19H,9-10H2,1H3. The van der Waals surface area contributed by atoms with Crippen LogP contribution < -0.4 is 10.1 Å². The minimum absolute atomic E-state index is 0.0889. The zero-order chi connectivity index (χ0) is 15.1. The van der Waals surface area contributed by atoms with Crippen LogP contribution in [0.4, 0.5) is 0 Å². The van der Waals surface area contributed by atoms with Crippen molar-refractivity contribution >= 4 is 11.3 Å². The van der Waals surface area contributed by atoms with Gasteiger partial charge in [0.15, 0.2) is 0 Å². The fourth-order valence-corrected chi connectivity index (χ4v) is 2.45. The molecule has 0 spiro atoms. The maximum atomic E-state index is 9.93. The van der Waals surface area contributed by atoms with Crippen molar-refractivity contribution in [3.8, 4) is 11.8 Å². The lowest BCUT2D eigenvalue weighted by atomic mass is 10.2. The molecule has 2 unspecified atom stereocenters. The number of benzene rings is 1. The molecule has 110 valence electrons. The molecule has 1 aromatic carbocycles. The Hall–Kier alpha value is -1.94. The van der Waals surface area contributed by atoms with Crippen LogP contribution in [0.25, 0.3) is 0 Å². The van der Waals surface area contributed by atoms with E-state index in [0.29, 0.717) is 17.9 Å². The number of hydrogen-bond acceptors (Lipinski definition) is 6. The number of rotatable bonds is 7. The SMILES string of the molecule is CC(NCC(O)COc1ccccc1C#N)c1nccs1. The average molecular weight is 303 g/mol. The highest BCUT2D eigenvalue weighted by Gasteiger charge is 2.12. The Balaban J connectivity index is 1.77. The van der Waals surface area contributed by atoms with Gasteiger partial charge in [0, 0.05) is 18.1 Å². The molecule has 21 heavy (non-hydrogen) atoms. The van der Waals surface area contributed by atoms with Crippen LogP contribution in [0.1, 0.15) is 23.5 Å². The van der Waals surface area contributed by atoms with Crippen molar-refractivity contribution in [2.45, 2.75) is 19.1 Å². The summed E-state index contributed by atoms with van der Waals surface area (Å²) in [7, 11) is 0. The molecule has 6 heteroatoms. The molecule has 0 fully saturated rings. The second kappa shape index (κ2) is 7.74. The van der Waals surface area contributed by atoms with Gasteiger partial charge in [-0.3, -0.25) is 0 Å². The molecule has 5 nitrogen and oxygen atoms in total. The normalized spacial score (nSPS) is 13.4. The fraction of sp³-hybridized carbons (Fsp3) is 0.333. The van der Waals surface area contributed by atoms with Gasteiger partial charge in [0.1, 0.15) is 29.5 Å². The molecule has 1 heterocycles. The molecule has 0 bridgehead atoms. The van der Waals surface area contributed by atoms with E-state index in [1.807, 2.05) is 12.3 Å². The van der Waals surface area contributed by atoms with E-state index in [2.05, 4.69) is 16.4 Å². The van der Waals surface area contributed by atoms with Crippen molar-refractivity contribution in [1.29, 1.82) is 5.26 Å². The minimum Gasteiger partial charge on any atom is -0.489 e. The number of aliphatic hydroxyl groups is 1. The van der Waals surface area contributed by atoms with Gasteiger partial charge in [0.25, 0.3) is 0 Å². The van der Waals surface area contributed by atoms with Crippen molar-refractivity contribution in [1.82, 2.24) is 10.3 Å². The fourth-order valence-electron chi connectivity index (χ4n) is 1.78. The summed E-state index contributed by atoms with van der Waals surface area (Å²) in [6.45, 7) is 2.53. The monoisotopic (exact) mass is 303 g/mol. The number of hydrogen-bond donors (Lipinski definition) is 2. The lowest BCUT2D eigenvalue weighted by Crippen LogP contribution is -2.33. The van der Waals surface area contributed by atoms with Crippen LogP contribution in [0, 0.1) is 11.3 Å². The van der Waals surface area contributed by atoms with Gasteiger partial charge in [0.05, 0.1) is 11.6 Å². The number of aromatic nitrogens is 1. The maximum absolute atomic E-state index is 9.93. The van der Waals surface area contributed by atoms with Crippen molar-refractivity contribution in [3.05, 3.63) is 46.4 Å². The van der Waals surface area contributed by atoms with Crippen LogP contribution in [0.15, 0.2) is 35.8 Å². The number of thiazole rings is 1. The van der Waals surface area contributed by atoms with Crippen molar-refractivity contribution in [2.75, 3.05) is 13.2 Å². The first kappa shape index (κ1) is 15.4. The van der Waals surface area contributed by atoms with E-state index in [9.17, 15) is 5.11 Å². The molecule has 0 aliphatic heterocycles. The predicted molar refractivity (Wildman–Crippen MR) is 81.2 cm³/mol. The van der Waals surface area contributed by atoms with Crippen LogP contribution in [0.5, 0.6) is 5.75 Å². The van der Waals surface area contributed by atoms with Gasteiger partial charge in [-0.05, 0) is 19.1 Å². The second-order valence-electron chi connectivity index (χ2n) is 4.57. The highest BCUT2D eigenvalue weighted by molar-refractivity contribution is 7.09. The third-order valence-corrected chi connectivity index (χ3v) is 3.88. The van der Waals surface area contributed by atoms with Crippen LogP contribution >= 0.6 is 11.3 Å². The number of ether oxygens (including phenoxy) is 1. The smallest absolute Gasteiger partial charge is 0.137 e. The van der Waals surface area contributed by atoms with Gasteiger partial charge in [0.2, 0.25) is 0 Å². The topological polar surface area (TPSA) is 78.2 Å². The van der Waals surface area contributed by atoms with E-state index in [1.165, 1.54) is 0 Å². The number of para-hydroxylation sites is 1. The molecule has 2 rings (SSSR count). The highest BCUT2D eigenvalue weighted by Crippen LogP contribution is 2.17. The van der Waals surface area contributed by atoms with Crippen LogP contribution in [-0.4, -0.2) is 29.3 Å². The predicted octanol–water partition coefficient (Wildman–Crippen LogP) is 2.11. The molecule has 0 radical (unpaired) electrons. The second-order valence-corrected chi connectivity index (χ2v) is 5.50. The third kappa shape index (κ3) is 4.53. The van der Waals surface area contributed by atoms with Crippen molar-refractivity contribution in [2.24, 2.45) is 0 Å². The molecule has 2 atom stereocenters. The largest absolute Gasteiger partial charge is 0.489 e.